The molecule has 0 unspecified atom stereocenters. The molecule has 0 aromatic heterocycles. The fourth-order valence-electron chi connectivity index (χ4n) is 2.89. The Balaban J connectivity index is 0.000000221. The van der Waals surface area contributed by atoms with Crippen LogP contribution >= 0.6 is 0 Å². The van der Waals surface area contributed by atoms with E-state index in [0.717, 1.165) is 11.3 Å². The van der Waals surface area contributed by atoms with E-state index in [2.05, 4.69) is 13.8 Å². The highest BCUT2D eigenvalue weighted by Gasteiger charge is 2.43. The van der Waals surface area contributed by atoms with Gasteiger partial charge in [-0.2, -0.15) is 0 Å². The molecule has 3 saturated heterocycles. The molecular weight excluding hydrogens is 234 g/mol. The Morgan fingerprint density at radius 1 is 0.938 bits per heavy atom. The first-order chi connectivity index (χ1) is 7.23. The normalized spacial score (nSPS) is 33.6. The Kier molecular flexibility index (Phi) is 4.57. The van der Waals surface area contributed by atoms with Gasteiger partial charge in [-0.15, -0.1) is 10.2 Å². The van der Waals surface area contributed by atoms with Crippen molar-refractivity contribution in [3.63, 3.8) is 0 Å². The van der Waals surface area contributed by atoms with Crippen LogP contribution in [0.15, 0.2) is 0 Å². The molecule has 3 heterocycles. The van der Waals surface area contributed by atoms with Gasteiger partial charge in [-0.1, -0.05) is 13.8 Å². The van der Waals surface area contributed by atoms with Crippen molar-refractivity contribution in [1.82, 2.24) is 0 Å². The lowest BCUT2D eigenvalue weighted by Crippen LogP contribution is -3.15. The van der Waals surface area contributed by atoms with Crippen molar-refractivity contribution in [2.24, 2.45) is 11.3 Å². The van der Waals surface area contributed by atoms with Gasteiger partial charge in [-0.3, -0.25) is 0 Å². The fourth-order valence-corrected chi connectivity index (χ4v) is 2.89. The van der Waals surface area contributed by atoms with Crippen molar-refractivity contribution in [2.75, 3.05) is 19.6 Å². The summed E-state index contributed by atoms with van der Waals surface area (Å²) in [4.78, 5) is 1.87. The van der Waals surface area contributed by atoms with Crippen LogP contribution in [-0.2, 0) is 0 Å². The number of hydrogen-bond acceptors (Lipinski definition) is 4. The summed E-state index contributed by atoms with van der Waals surface area (Å²) in [6.45, 7) is 9.20. The smallest absolute Gasteiger partial charge is 0.0776 e. The lowest BCUT2D eigenvalue weighted by molar-refractivity contribution is -2.00. The van der Waals surface area contributed by atoms with Crippen LogP contribution in [0.5, 0.6) is 0 Å². The second-order valence-corrected chi connectivity index (χ2v) is 5.90. The maximum atomic E-state index is 8.49. The van der Waals surface area contributed by atoms with Crippen LogP contribution < -0.4 is 23.5 Å². The van der Waals surface area contributed by atoms with Crippen LogP contribution in [0.2, 0.25) is 0 Å². The molecule has 3 fully saturated rings. The number of halogens is 1. The van der Waals surface area contributed by atoms with Gasteiger partial charge in [0.05, 0.1) is 19.6 Å². The summed E-state index contributed by atoms with van der Waals surface area (Å²) in [6, 6.07) is 0. The van der Waals surface area contributed by atoms with E-state index < -0.39 is 10.2 Å². The maximum Gasteiger partial charge on any atom is 0.0776 e. The van der Waals surface area contributed by atoms with Crippen LogP contribution in [0.25, 0.3) is 0 Å². The summed E-state index contributed by atoms with van der Waals surface area (Å²) < 4.78 is 34.0. The zero-order chi connectivity index (χ0) is 12.4. The van der Waals surface area contributed by atoms with Gasteiger partial charge in [0.1, 0.15) is 0 Å². The Labute approximate surface area is 98.4 Å². The molecule has 6 heteroatoms. The summed E-state index contributed by atoms with van der Waals surface area (Å²) in [5, 5.41) is 0. The van der Waals surface area contributed by atoms with Gasteiger partial charge >= 0.3 is 0 Å². The topological polar surface area (TPSA) is 96.7 Å². The third kappa shape index (κ3) is 4.16. The highest BCUT2D eigenvalue weighted by atomic mass is 35.7. The van der Waals surface area contributed by atoms with E-state index >= 15 is 0 Å². The van der Waals surface area contributed by atoms with Gasteiger partial charge in [0.2, 0.25) is 0 Å². The Morgan fingerprint density at radius 2 is 1.25 bits per heavy atom. The number of fused-ring (bicyclic) bond motifs is 3. The zero-order valence-corrected chi connectivity index (χ0v) is 10.6. The average Bonchev–Trinajstić information content (AvgIpc) is 2.18. The highest BCUT2D eigenvalue weighted by molar-refractivity contribution is 4.86. The van der Waals surface area contributed by atoms with Crippen molar-refractivity contribution in [3.05, 3.63) is 0 Å². The molecule has 0 spiro atoms. The molecule has 0 saturated carbocycles. The lowest BCUT2D eigenvalue weighted by atomic mass is 9.65. The van der Waals surface area contributed by atoms with E-state index in [1.807, 2.05) is 4.90 Å². The standard InChI is InChI=1S/C10H19N.ClHO4/c1-9(2)10-3-6-11(7-4-10)8-5-10;2-1(3,4)5/h9H,3-8H2,1-2H3;(H,2,3,4,5). The summed E-state index contributed by atoms with van der Waals surface area (Å²) in [5.41, 5.74) is 0.766. The molecule has 0 amide bonds. The van der Waals surface area contributed by atoms with Crippen LogP contribution in [0.1, 0.15) is 33.1 Å². The van der Waals surface area contributed by atoms with Crippen molar-refractivity contribution >= 4 is 0 Å². The molecule has 0 atom stereocenters. The van der Waals surface area contributed by atoms with Crippen LogP contribution in [-0.4, -0.2) is 19.6 Å². The van der Waals surface area contributed by atoms with Gasteiger partial charge in [0.15, 0.2) is 0 Å². The Morgan fingerprint density at radius 3 is 1.44 bits per heavy atom. The van der Waals surface area contributed by atoms with E-state index in [-0.39, 0.29) is 0 Å². The quantitative estimate of drug-likeness (QED) is 0.515. The van der Waals surface area contributed by atoms with Crippen molar-refractivity contribution < 1.29 is 33.8 Å². The molecule has 5 nitrogen and oxygen atoms in total. The molecule has 0 aliphatic carbocycles. The van der Waals surface area contributed by atoms with Crippen molar-refractivity contribution in [3.8, 4) is 0 Å². The SMILES string of the molecule is CC(C)C12CC[NH+](CC1)CC2.[O-][Cl+3]([O-])([O-])[O-]. The Hall–Kier alpha value is 0.0900. The van der Waals surface area contributed by atoms with Gasteiger partial charge in [0.25, 0.3) is 0 Å². The molecule has 16 heavy (non-hydrogen) atoms. The minimum atomic E-state index is -4.94. The monoisotopic (exact) mass is 253 g/mol. The third-order valence-electron chi connectivity index (χ3n) is 4.15. The Bertz CT molecular complexity index is 202. The van der Waals surface area contributed by atoms with Crippen LogP contribution in [0, 0.1) is 21.6 Å². The largest absolute Gasteiger partial charge is 0.335 e. The van der Waals surface area contributed by atoms with E-state index in [4.69, 9.17) is 18.6 Å². The number of quaternary nitrogens is 1. The third-order valence-corrected chi connectivity index (χ3v) is 4.15. The molecule has 1 N–H and O–H groups in total. The van der Waals surface area contributed by atoms with Crippen molar-refractivity contribution in [1.29, 1.82) is 0 Å². The molecule has 3 rings (SSSR count). The minimum Gasteiger partial charge on any atom is -0.335 e. The maximum absolute atomic E-state index is 8.49. The second kappa shape index (κ2) is 5.16. The minimum absolute atomic E-state index is 0.766. The van der Waals surface area contributed by atoms with E-state index in [0.29, 0.717) is 0 Å². The van der Waals surface area contributed by atoms with Crippen LogP contribution in [0.3, 0.4) is 0 Å². The lowest BCUT2D eigenvalue weighted by Gasteiger charge is -2.48. The first kappa shape index (κ1) is 14.2. The second-order valence-electron chi connectivity index (χ2n) is 5.15. The first-order valence-corrected chi connectivity index (χ1v) is 6.92. The fraction of sp³-hybridized carbons (Fsp3) is 1.00. The molecule has 3 aliphatic heterocycles. The predicted molar refractivity (Wildman–Crippen MR) is 46.7 cm³/mol. The first-order valence-electron chi connectivity index (χ1n) is 5.68. The van der Waals surface area contributed by atoms with Crippen molar-refractivity contribution in [2.45, 2.75) is 33.1 Å². The van der Waals surface area contributed by atoms with Gasteiger partial charge < -0.3 is 4.90 Å². The summed E-state index contributed by atoms with van der Waals surface area (Å²) >= 11 is 0. The average molecular weight is 254 g/mol. The number of piperidine rings is 3. The molecule has 3 aliphatic rings. The molecular formula is C10H20ClNO4. The summed E-state index contributed by atoms with van der Waals surface area (Å²) in [6.07, 6.45) is 4.50. The molecule has 0 aromatic carbocycles. The van der Waals surface area contributed by atoms with E-state index in [9.17, 15) is 0 Å². The predicted octanol–water partition coefficient (Wildman–Crippen LogP) is -4.04. The highest BCUT2D eigenvalue weighted by Crippen LogP contribution is 2.40. The zero-order valence-electron chi connectivity index (χ0n) is 9.83. The van der Waals surface area contributed by atoms with E-state index in [1.54, 1.807) is 0 Å². The summed E-state index contributed by atoms with van der Waals surface area (Å²) in [5.74, 6) is 0.921. The van der Waals surface area contributed by atoms with Gasteiger partial charge in [0, 0.05) is 19.3 Å². The number of hydrogen-bond donors (Lipinski definition) is 1. The molecule has 2 bridgehead atoms. The molecule has 0 aromatic rings. The van der Waals surface area contributed by atoms with Gasteiger partial charge in [-0.25, -0.2) is 18.6 Å². The molecule has 96 valence electrons. The number of nitrogens with one attached hydrogen (secondary N) is 1. The van der Waals surface area contributed by atoms with E-state index in [1.165, 1.54) is 38.9 Å². The summed E-state index contributed by atoms with van der Waals surface area (Å²) in [7, 11) is -4.94. The van der Waals surface area contributed by atoms with Crippen LogP contribution in [0.4, 0.5) is 0 Å². The number of rotatable bonds is 1. The molecule has 0 radical (unpaired) electrons. The van der Waals surface area contributed by atoms with Gasteiger partial charge in [-0.05, 0) is 11.3 Å².